The van der Waals surface area contributed by atoms with Crippen LogP contribution in [-0.2, 0) is 0 Å². The first kappa shape index (κ1) is 11.4. The second-order valence-corrected chi connectivity index (χ2v) is 5.84. The fourth-order valence-electron chi connectivity index (χ4n) is 3.69. The van der Waals surface area contributed by atoms with E-state index in [9.17, 15) is 0 Å². The van der Waals surface area contributed by atoms with E-state index >= 15 is 0 Å². The van der Waals surface area contributed by atoms with E-state index in [0.717, 1.165) is 17.9 Å². The van der Waals surface area contributed by atoms with Crippen molar-refractivity contribution in [1.82, 2.24) is 4.90 Å². The molecular formula is C13H26N2. The van der Waals surface area contributed by atoms with Crippen LogP contribution < -0.4 is 5.73 Å². The van der Waals surface area contributed by atoms with Gasteiger partial charge in [-0.15, -0.1) is 0 Å². The first-order valence-electron chi connectivity index (χ1n) is 6.60. The van der Waals surface area contributed by atoms with Crippen LogP contribution in [0.1, 0.15) is 44.9 Å². The lowest BCUT2D eigenvalue weighted by atomic mass is 9.68. The molecular weight excluding hydrogens is 184 g/mol. The maximum absolute atomic E-state index is 5.92. The molecule has 2 N–H and O–H groups in total. The maximum atomic E-state index is 5.92. The lowest BCUT2D eigenvalue weighted by molar-refractivity contribution is 0.0602. The number of hydrogen-bond acceptors (Lipinski definition) is 2. The molecule has 0 radical (unpaired) electrons. The van der Waals surface area contributed by atoms with E-state index in [1.807, 2.05) is 0 Å². The molecule has 1 unspecified atom stereocenters. The monoisotopic (exact) mass is 210 g/mol. The minimum Gasteiger partial charge on any atom is -0.328 e. The van der Waals surface area contributed by atoms with Gasteiger partial charge in [-0.2, -0.15) is 0 Å². The highest BCUT2D eigenvalue weighted by atomic mass is 15.1. The Kier molecular flexibility index (Phi) is 3.68. The molecule has 2 nitrogen and oxygen atoms in total. The molecule has 15 heavy (non-hydrogen) atoms. The molecule has 2 rings (SSSR count). The van der Waals surface area contributed by atoms with Gasteiger partial charge in [0.05, 0.1) is 0 Å². The van der Waals surface area contributed by atoms with Crippen molar-refractivity contribution >= 4 is 0 Å². The number of nitrogens with zero attached hydrogens (tertiary/aromatic N) is 1. The molecule has 88 valence electrons. The van der Waals surface area contributed by atoms with Gasteiger partial charge in [-0.05, 0) is 51.6 Å². The van der Waals surface area contributed by atoms with Crippen LogP contribution in [0.15, 0.2) is 0 Å². The summed E-state index contributed by atoms with van der Waals surface area (Å²) in [5.41, 5.74) is 5.92. The van der Waals surface area contributed by atoms with Gasteiger partial charge in [0, 0.05) is 12.1 Å². The largest absolute Gasteiger partial charge is 0.328 e. The normalized spacial score (nSPS) is 35.2. The molecule has 0 aromatic carbocycles. The zero-order valence-corrected chi connectivity index (χ0v) is 10.3. The van der Waals surface area contributed by atoms with E-state index < -0.39 is 0 Å². The minimum atomic E-state index is 0.501. The van der Waals surface area contributed by atoms with Crippen molar-refractivity contribution < 1.29 is 0 Å². The zero-order valence-electron chi connectivity index (χ0n) is 10.3. The Morgan fingerprint density at radius 1 is 1.00 bits per heavy atom. The van der Waals surface area contributed by atoms with Crippen LogP contribution in [0.2, 0.25) is 0 Å². The molecule has 0 saturated heterocycles. The molecule has 0 aliphatic heterocycles. The molecule has 0 spiro atoms. The first-order chi connectivity index (χ1) is 7.18. The molecule has 0 aromatic rings. The van der Waals surface area contributed by atoms with Crippen LogP contribution in [0.3, 0.4) is 0 Å². The highest BCUT2D eigenvalue weighted by Gasteiger charge is 2.38. The van der Waals surface area contributed by atoms with Gasteiger partial charge in [0.25, 0.3) is 0 Å². The van der Waals surface area contributed by atoms with Crippen LogP contribution >= 0.6 is 0 Å². The molecule has 2 fully saturated rings. The third kappa shape index (κ3) is 2.54. The Morgan fingerprint density at radius 2 is 1.60 bits per heavy atom. The summed E-state index contributed by atoms with van der Waals surface area (Å²) < 4.78 is 0. The van der Waals surface area contributed by atoms with Gasteiger partial charge in [-0.25, -0.2) is 0 Å². The van der Waals surface area contributed by atoms with Crippen molar-refractivity contribution in [3.63, 3.8) is 0 Å². The number of rotatable bonds is 3. The van der Waals surface area contributed by atoms with Crippen LogP contribution in [0.5, 0.6) is 0 Å². The van der Waals surface area contributed by atoms with Crippen molar-refractivity contribution in [1.29, 1.82) is 0 Å². The lowest BCUT2D eigenvalue weighted by Crippen LogP contribution is -2.51. The fraction of sp³-hybridized carbons (Fsp3) is 1.00. The molecule has 2 aliphatic carbocycles. The van der Waals surface area contributed by atoms with E-state index in [4.69, 9.17) is 5.73 Å². The van der Waals surface area contributed by atoms with Gasteiger partial charge >= 0.3 is 0 Å². The van der Waals surface area contributed by atoms with E-state index in [0.29, 0.717) is 6.04 Å². The summed E-state index contributed by atoms with van der Waals surface area (Å²) in [6, 6.07) is 1.31. The van der Waals surface area contributed by atoms with Gasteiger partial charge in [0.15, 0.2) is 0 Å². The average molecular weight is 210 g/mol. The Morgan fingerprint density at radius 3 is 2.07 bits per heavy atom. The lowest BCUT2D eigenvalue weighted by Gasteiger charge is -2.46. The maximum Gasteiger partial charge on any atom is 0.0147 e. The molecule has 0 aromatic heterocycles. The van der Waals surface area contributed by atoms with Crippen LogP contribution in [0.4, 0.5) is 0 Å². The third-order valence-corrected chi connectivity index (χ3v) is 4.42. The van der Waals surface area contributed by atoms with Gasteiger partial charge in [-0.3, -0.25) is 0 Å². The van der Waals surface area contributed by atoms with Crippen molar-refractivity contribution in [2.75, 3.05) is 14.1 Å². The summed E-state index contributed by atoms with van der Waals surface area (Å²) in [6.45, 7) is 0. The van der Waals surface area contributed by atoms with Gasteiger partial charge in [0.2, 0.25) is 0 Å². The van der Waals surface area contributed by atoms with Crippen LogP contribution in [-0.4, -0.2) is 31.1 Å². The topological polar surface area (TPSA) is 29.3 Å². The molecule has 0 amide bonds. The minimum absolute atomic E-state index is 0.501. The first-order valence-corrected chi connectivity index (χ1v) is 6.60. The van der Waals surface area contributed by atoms with Gasteiger partial charge in [-0.1, -0.05) is 19.3 Å². The summed E-state index contributed by atoms with van der Waals surface area (Å²) in [6.07, 6.45) is 9.80. The van der Waals surface area contributed by atoms with Crippen molar-refractivity contribution in [3.05, 3.63) is 0 Å². The number of hydrogen-bond donors (Lipinski definition) is 1. The summed E-state index contributed by atoms with van der Waals surface area (Å²) in [7, 11) is 4.51. The van der Waals surface area contributed by atoms with Gasteiger partial charge < -0.3 is 10.6 Å². The highest BCUT2D eigenvalue weighted by molar-refractivity contribution is 4.94. The summed E-state index contributed by atoms with van der Waals surface area (Å²) >= 11 is 0. The average Bonchev–Trinajstić information content (AvgIpc) is 2.17. The summed E-state index contributed by atoms with van der Waals surface area (Å²) in [4.78, 5) is 2.46. The Bertz CT molecular complexity index is 191. The van der Waals surface area contributed by atoms with E-state index in [2.05, 4.69) is 19.0 Å². The predicted molar refractivity (Wildman–Crippen MR) is 64.7 cm³/mol. The second-order valence-electron chi connectivity index (χ2n) is 5.84. The van der Waals surface area contributed by atoms with E-state index in [-0.39, 0.29) is 0 Å². The molecule has 2 saturated carbocycles. The Hall–Kier alpha value is -0.0800. The van der Waals surface area contributed by atoms with Crippen LogP contribution in [0, 0.1) is 11.8 Å². The summed E-state index contributed by atoms with van der Waals surface area (Å²) in [5, 5.41) is 0. The quantitative estimate of drug-likeness (QED) is 0.774. The Balaban J connectivity index is 1.92. The smallest absolute Gasteiger partial charge is 0.0147 e. The zero-order chi connectivity index (χ0) is 10.8. The van der Waals surface area contributed by atoms with Crippen LogP contribution in [0.25, 0.3) is 0 Å². The molecule has 1 atom stereocenters. The Labute approximate surface area is 94.2 Å². The second kappa shape index (κ2) is 4.84. The van der Waals surface area contributed by atoms with E-state index in [1.165, 1.54) is 44.9 Å². The highest BCUT2D eigenvalue weighted by Crippen LogP contribution is 2.39. The fourth-order valence-corrected chi connectivity index (χ4v) is 3.69. The predicted octanol–water partition coefficient (Wildman–Crippen LogP) is 2.23. The molecule has 0 heterocycles. The number of nitrogens with two attached hydrogens (primary N) is 1. The molecule has 2 heteroatoms. The van der Waals surface area contributed by atoms with Crippen molar-refractivity contribution in [2.24, 2.45) is 17.6 Å². The summed E-state index contributed by atoms with van der Waals surface area (Å²) in [5.74, 6) is 1.84. The SMILES string of the molecule is CN(C)C(C1CCCCC1)C1CC(N)C1. The molecule has 0 bridgehead atoms. The van der Waals surface area contributed by atoms with Crippen molar-refractivity contribution in [3.8, 4) is 0 Å². The standard InChI is InChI=1S/C13H26N2/c1-15(2)13(11-8-12(14)9-11)10-6-4-3-5-7-10/h10-13H,3-9,14H2,1-2H3. The third-order valence-electron chi connectivity index (χ3n) is 4.42. The van der Waals surface area contributed by atoms with Crippen molar-refractivity contribution in [2.45, 2.75) is 57.0 Å². The molecule has 2 aliphatic rings. The van der Waals surface area contributed by atoms with Gasteiger partial charge in [0.1, 0.15) is 0 Å². The van der Waals surface area contributed by atoms with E-state index in [1.54, 1.807) is 0 Å².